The van der Waals surface area contributed by atoms with Crippen LogP contribution in [0.15, 0.2) is 30.0 Å². The van der Waals surface area contributed by atoms with E-state index in [1.54, 1.807) is 6.07 Å². The summed E-state index contributed by atoms with van der Waals surface area (Å²) in [6.07, 6.45) is 0. The van der Waals surface area contributed by atoms with Gasteiger partial charge in [0, 0.05) is 22.3 Å². The molecule has 0 bridgehead atoms. The number of ether oxygens (including phenoxy) is 1. The maximum atomic E-state index is 13.7. The molecule has 0 aliphatic heterocycles. The highest BCUT2D eigenvalue weighted by molar-refractivity contribution is 6.40. The Morgan fingerprint density at radius 3 is 1.97 bits per heavy atom. The van der Waals surface area contributed by atoms with Crippen LogP contribution >= 0.6 is 0 Å². The number of carbonyl (C=O) groups is 2. The highest BCUT2D eigenvalue weighted by Crippen LogP contribution is 2.44. The molecule has 0 saturated carbocycles. The summed E-state index contributed by atoms with van der Waals surface area (Å²) in [7, 11) is 1.39. The van der Waals surface area contributed by atoms with Crippen LogP contribution in [0.3, 0.4) is 0 Å². The minimum absolute atomic E-state index is 0.0125. The first-order valence-corrected chi connectivity index (χ1v) is 10.6. The summed E-state index contributed by atoms with van der Waals surface area (Å²) in [6.45, 7) is 16.0. The molecular formula is C27H32O4. The third-order valence-electron chi connectivity index (χ3n) is 6.13. The molecule has 2 aromatic rings. The molecule has 1 N–H and O–H groups in total. The first kappa shape index (κ1) is 22.8. The van der Waals surface area contributed by atoms with Crippen molar-refractivity contribution in [1.82, 2.24) is 0 Å². The first-order valence-electron chi connectivity index (χ1n) is 10.6. The molecule has 0 spiro atoms. The smallest absolute Gasteiger partial charge is 0.229 e. The molecule has 0 heterocycles. The molecule has 1 aliphatic carbocycles. The quantitative estimate of drug-likeness (QED) is 0.643. The fourth-order valence-electron chi connectivity index (χ4n) is 4.03. The van der Waals surface area contributed by atoms with Crippen molar-refractivity contribution in [1.29, 1.82) is 0 Å². The number of methoxy groups -OCH3 is 1. The number of benzene rings is 2. The molecule has 4 heteroatoms. The second-order valence-electron chi connectivity index (χ2n) is 10.4. The molecule has 0 radical (unpaired) electrons. The van der Waals surface area contributed by atoms with Crippen molar-refractivity contribution < 1.29 is 19.4 Å². The van der Waals surface area contributed by atoms with Crippen molar-refractivity contribution in [2.24, 2.45) is 0 Å². The molecule has 4 nitrogen and oxygen atoms in total. The minimum Gasteiger partial charge on any atom is -0.507 e. The van der Waals surface area contributed by atoms with E-state index in [2.05, 4.69) is 20.8 Å². The molecule has 1 aliphatic rings. The monoisotopic (exact) mass is 420 g/mol. The van der Waals surface area contributed by atoms with Crippen LogP contribution in [0.1, 0.15) is 90.1 Å². The second kappa shape index (κ2) is 7.37. The normalized spacial score (nSPS) is 14.7. The van der Waals surface area contributed by atoms with Crippen LogP contribution in [0, 0.1) is 13.8 Å². The second-order valence-corrected chi connectivity index (χ2v) is 10.4. The number of Topliss-reactive ketones (excluding diaryl/α,β-unsaturated/α-hetero) is 2. The summed E-state index contributed by atoms with van der Waals surface area (Å²) in [6, 6.07) is 7.35. The summed E-state index contributed by atoms with van der Waals surface area (Å²) in [5, 5.41) is 11.3. The van der Waals surface area contributed by atoms with Crippen molar-refractivity contribution in [3.05, 3.63) is 69.0 Å². The van der Waals surface area contributed by atoms with Crippen molar-refractivity contribution in [3.63, 3.8) is 0 Å². The van der Waals surface area contributed by atoms with Gasteiger partial charge in [-0.25, -0.2) is 0 Å². The number of phenolic OH excluding ortho intramolecular Hbond substituents is 1. The van der Waals surface area contributed by atoms with Gasteiger partial charge in [-0.3, -0.25) is 9.59 Å². The largest absolute Gasteiger partial charge is 0.507 e. The zero-order valence-electron chi connectivity index (χ0n) is 20.0. The lowest BCUT2D eigenvalue weighted by molar-refractivity contribution is 0.0924. The topological polar surface area (TPSA) is 63.6 Å². The summed E-state index contributed by atoms with van der Waals surface area (Å²) in [5.41, 5.74) is 4.02. The summed E-state index contributed by atoms with van der Waals surface area (Å²) >= 11 is 0. The van der Waals surface area contributed by atoms with Gasteiger partial charge in [-0.15, -0.1) is 0 Å². The number of phenols is 1. The van der Waals surface area contributed by atoms with Crippen molar-refractivity contribution in [2.45, 2.75) is 66.2 Å². The predicted octanol–water partition coefficient (Wildman–Crippen LogP) is 6.04. The fourth-order valence-corrected chi connectivity index (χ4v) is 4.03. The number of fused-ring (bicyclic) bond motifs is 1. The van der Waals surface area contributed by atoms with Crippen LogP contribution in [0.5, 0.6) is 5.75 Å². The Balaban J connectivity index is 2.42. The standard InChI is InChI=1S/C27H32O4/c1-14-10-11-17-20(15(14)2)24(30)25(31-9)21(23(17)29)18-12-16(26(3,4)5)13-19(22(18)28)27(6,7)8/h10-13,28H,1-9H3. The van der Waals surface area contributed by atoms with E-state index in [-0.39, 0.29) is 39.5 Å². The molecule has 31 heavy (non-hydrogen) atoms. The molecule has 164 valence electrons. The predicted molar refractivity (Wildman–Crippen MR) is 124 cm³/mol. The molecule has 0 atom stereocenters. The Kier molecular flexibility index (Phi) is 5.42. The Morgan fingerprint density at radius 2 is 1.45 bits per heavy atom. The van der Waals surface area contributed by atoms with Gasteiger partial charge < -0.3 is 9.84 Å². The van der Waals surface area contributed by atoms with Crippen LogP contribution in [-0.4, -0.2) is 23.8 Å². The maximum absolute atomic E-state index is 13.7. The van der Waals surface area contributed by atoms with Gasteiger partial charge in [0.2, 0.25) is 5.78 Å². The zero-order chi connectivity index (χ0) is 23.5. The minimum atomic E-state index is -0.360. The Morgan fingerprint density at radius 1 is 0.839 bits per heavy atom. The SMILES string of the molecule is COC1=C(c2cc(C(C)(C)C)cc(C(C)(C)C)c2O)C(=O)c2ccc(C)c(C)c2C1=O. The van der Waals surface area contributed by atoms with Crippen molar-refractivity contribution >= 4 is 17.1 Å². The van der Waals surface area contributed by atoms with E-state index in [1.165, 1.54) is 7.11 Å². The van der Waals surface area contributed by atoms with E-state index < -0.39 is 0 Å². The lowest BCUT2D eigenvalue weighted by Crippen LogP contribution is -2.25. The summed E-state index contributed by atoms with van der Waals surface area (Å²) < 4.78 is 5.50. The number of ketones is 2. The summed E-state index contributed by atoms with van der Waals surface area (Å²) in [4.78, 5) is 27.1. The van der Waals surface area contributed by atoms with Crippen LogP contribution in [0.2, 0.25) is 0 Å². The van der Waals surface area contributed by atoms with E-state index in [1.807, 2.05) is 52.8 Å². The molecule has 0 unspecified atom stereocenters. The van der Waals surface area contributed by atoms with Crippen LogP contribution in [-0.2, 0) is 15.6 Å². The van der Waals surface area contributed by atoms with Gasteiger partial charge in [-0.1, -0.05) is 59.7 Å². The molecule has 0 amide bonds. The average molecular weight is 421 g/mol. The molecular weight excluding hydrogens is 388 g/mol. The number of aryl methyl sites for hydroxylation is 1. The lowest BCUT2D eigenvalue weighted by Gasteiger charge is -2.29. The van der Waals surface area contributed by atoms with Gasteiger partial charge in [0.25, 0.3) is 0 Å². The van der Waals surface area contributed by atoms with Gasteiger partial charge >= 0.3 is 0 Å². The average Bonchev–Trinajstić information content (AvgIpc) is 2.65. The van der Waals surface area contributed by atoms with Gasteiger partial charge in [-0.2, -0.15) is 0 Å². The number of aromatic hydroxyl groups is 1. The number of allylic oxidation sites excluding steroid dienone is 2. The van der Waals surface area contributed by atoms with E-state index in [9.17, 15) is 14.7 Å². The highest BCUT2D eigenvalue weighted by Gasteiger charge is 2.38. The van der Waals surface area contributed by atoms with Crippen molar-refractivity contribution in [3.8, 4) is 5.75 Å². The highest BCUT2D eigenvalue weighted by atomic mass is 16.5. The van der Waals surface area contributed by atoms with Crippen LogP contribution < -0.4 is 0 Å². The zero-order valence-corrected chi connectivity index (χ0v) is 20.0. The molecule has 0 aromatic heterocycles. The van der Waals surface area contributed by atoms with Crippen molar-refractivity contribution in [2.75, 3.05) is 7.11 Å². The van der Waals surface area contributed by atoms with E-state index in [0.29, 0.717) is 16.7 Å². The van der Waals surface area contributed by atoms with Gasteiger partial charge in [-0.05, 0) is 47.4 Å². The number of rotatable bonds is 2. The van der Waals surface area contributed by atoms with Gasteiger partial charge in [0.15, 0.2) is 11.5 Å². The van der Waals surface area contributed by atoms with E-state index >= 15 is 0 Å². The number of hydrogen-bond donors (Lipinski definition) is 1. The Labute approximate surface area is 184 Å². The molecule has 2 aromatic carbocycles. The van der Waals surface area contributed by atoms with Gasteiger partial charge in [0.1, 0.15) is 5.75 Å². The first-order chi connectivity index (χ1) is 14.2. The number of hydrogen-bond acceptors (Lipinski definition) is 4. The lowest BCUT2D eigenvalue weighted by atomic mass is 9.75. The molecule has 3 rings (SSSR count). The van der Waals surface area contributed by atoms with Crippen LogP contribution in [0.25, 0.3) is 5.57 Å². The Hall–Kier alpha value is -2.88. The molecule has 0 fully saturated rings. The van der Waals surface area contributed by atoms with E-state index in [4.69, 9.17) is 4.74 Å². The molecule has 0 saturated heterocycles. The van der Waals surface area contributed by atoms with E-state index in [0.717, 1.165) is 22.3 Å². The van der Waals surface area contributed by atoms with Gasteiger partial charge in [0.05, 0.1) is 12.7 Å². The van der Waals surface area contributed by atoms with Crippen LogP contribution in [0.4, 0.5) is 0 Å². The fraction of sp³-hybridized carbons (Fsp3) is 0.407. The maximum Gasteiger partial charge on any atom is 0.229 e. The number of carbonyl (C=O) groups excluding carboxylic acids is 2. The third kappa shape index (κ3) is 3.69. The summed E-state index contributed by atoms with van der Waals surface area (Å²) in [5.74, 6) is -0.646. The third-order valence-corrected chi connectivity index (χ3v) is 6.13. The Bertz CT molecular complexity index is 1140.